The van der Waals surface area contributed by atoms with Gasteiger partial charge in [0.2, 0.25) is 0 Å². The number of hydrogen-bond acceptors (Lipinski definition) is 9. The van der Waals surface area contributed by atoms with Gasteiger partial charge in [-0.3, -0.25) is 9.69 Å². The van der Waals surface area contributed by atoms with E-state index in [-0.39, 0.29) is 34.5 Å². The minimum Gasteiger partial charge on any atom is -0.464 e. The van der Waals surface area contributed by atoms with Gasteiger partial charge in [-0.2, -0.15) is 26.3 Å². The number of nitrogens with one attached hydrogen (secondary N) is 1. The lowest BCUT2D eigenvalue weighted by molar-refractivity contribution is -0.142. The highest BCUT2D eigenvalue weighted by Gasteiger charge is 2.64. The second-order valence-corrected chi connectivity index (χ2v) is 11.8. The Balaban J connectivity index is 2.20. The van der Waals surface area contributed by atoms with Gasteiger partial charge >= 0.3 is 36.1 Å². The Kier molecular flexibility index (Phi) is 6.25. The van der Waals surface area contributed by atoms with E-state index in [1.54, 1.807) is 0 Å². The van der Waals surface area contributed by atoms with E-state index in [1.807, 2.05) is 0 Å². The third kappa shape index (κ3) is 4.33. The van der Waals surface area contributed by atoms with E-state index in [2.05, 4.69) is 0 Å². The topological polar surface area (TPSA) is 147 Å². The van der Waals surface area contributed by atoms with E-state index >= 15 is 0 Å². The van der Waals surface area contributed by atoms with Crippen LogP contribution in [0.25, 0.3) is 0 Å². The lowest BCUT2D eigenvalue weighted by Crippen LogP contribution is -2.59. The van der Waals surface area contributed by atoms with Gasteiger partial charge in [-0.05, 0) is 0 Å². The molecule has 11 nitrogen and oxygen atoms in total. The summed E-state index contributed by atoms with van der Waals surface area (Å²) >= 11 is 0. The lowest BCUT2D eigenvalue weighted by atomic mass is 10.2. The number of carbonyl (C=O) groups excluding carboxylic acids is 1. The van der Waals surface area contributed by atoms with E-state index < -0.39 is 65.3 Å². The molecule has 2 fully saturated rings. The minimum atomic E-state index is -6.85. The predicted octanol–water partition coefficient (Wildman–Crippen LogP) is -1.43. The fourth-order valence-corrected chi connectivity index (χ4v) is 7.20. The Morgan fingerprint density at radius 3 is 1.83 bits per heavy atom. The highest BCUT2D eigenvalue weighted by molar-refractivity contribution is 8.13. The average molecular weight is 495 g/mol. The van der Waals surface area contributed by atoms with Crippen LogP contribution in [-0.2, 0) is 39.6 Å². The minimum absolute atomic E-state index is 0.0107. The second-order valence-electron chi connectivity index (χ2n) is 5.91. The van der Waals surface area contributed by atoms with Crippen molar-refractivity contribution in [1.29, 1.82) is 0 Å². The summed E-state index contributed by atoms with van der Waals surface area (Å²) in [5.41, 5.74) is -6.28. The normalized spacial score (nSPS) is 23.9. The molecule has 0 unspecified atom stereocenters. The maximum absolute atomic E-state index is 14.1. The zero-order valence-electron chi connectivity index (χ0n) is 14.1. The molecule has 1 atom stereocenters. The van der Waals surface area contributed by atoms with Crippen molar-refractivity contribution in [1.82, 2.24) is 13.3 Å². The molecule has 2 saturated heterocycles. The maximum atomic E-state index is 14.1. The first-order valence-electron chi connectivity index (χ1n) is 7.57. The van der Waals surface area contributed by atoms with Crippen molar-refractivity contribution in [2.75, 3.05) is 32.8 Å². The molecule has 2 heterocycles. The number of sulfonamides is 3. The van der Waals surface area contributed by atoms with Crippen molar-refractivity contribution in [3.63, 3.8) is 0 Å². The van der Waals surface area contributed by atoms with Crippen LogP contribution in [0.4, 0.5) is 22.0 Å². The average Bonchev–Trinajstić information content (AvgIpc) is 2.98. The number of nitrogens with zero attached hydrogens (tertiary/aromatic N) is 2. The molecule has 0 saturated carbocycles. The van der Waals surface area contributed by atoms with Crippen molar-refractivity contribution < 1.29 is 56.7 Å². The van der Waals surface area contributed by atoms with Crippen LogP contribution >= 0.6 is 0 Å². The summed E-state index contributed by atoms with van der Waals surface area (Å²) in [4.78, 5) is 12.9. The van der Waals surface area contributed by atoms with Crippen LogP contribution in [0, 0.1) is 0 Å². The molecule has 0 radical (unpaired) electrons. The summed E-state index contributed by atoms with van der Waals surface area (Å²) in [5.74, 6) is -0.601. The maximum Gasteiger partial charge on any atom is 0.512 e. The van der Waals surface area contributed by atoms with Gasteiger partial charge in [0.1, 0.15) is 6.04 Å². The van der Waals surface area contributed by atoms with Crippen LogP contribution in [0.5, 0.6) is 0 Å². The Morgan fingerprint density at radius 1 is 0.897 bits per heavy atom. The molecule has 2 aliphatic rings. The molecule has 0 amide bonds. The molecule has 29 heavy (non-hydrogen) atoms. The summed E-state index contributed by atoms with van der Waals surface area (Å²) in [7, 11) is -19.8. The summed E-state index contributed by atoms with van der Waals surface area (Å²) < 4.78 is 132. The molecule has 2 aliphatic heterocycles. The number of ether oxygens (including phenoxy) is 1. The molecule has 0 bridgehead atoms. The molecular weight excluding hydrogens is 481 g/mol. The molecule has 0 aromatic heterocycles. The van der Waals surface area contributed by atoms with Crippen LogP contribution < -0.4 is 4.13 Å². The predicted molar refractivity (Wildman–Crippen MR) is 83.4 cm³/mol. The van der Waals surface area contributed by atoms with Gasteiger partial charge in [-0.15, -0.1) is 0 Å². The lowest BCUT2D eigenvalue weighted by Gasteiger charge is -2.36. The van der Waals surface area contributed by atoms with Gasteiger partial charge in [0, 0.05) is 32.6 Å². The quantitative estimate of drug-likeness (QED) is 0.346. The third-order valence-electron chi connectivity index (χ3n) is 4.10. The van der Waals surface area contributed by atoms with Crippen LogP contribution in [0.3, 0.4) is 0 Å². The SMILES string of the molecule is O=C1OCC[C@H]1N1CCN(S(=O)(=O)C(F)(F)S(=O)(=O)NS(=O)(=O)C(F)(F)F)CC1. The monoisotopic (exact) mass is 495 g/mol. The molecular formula is C10H14F5N3O8S3. The molecule has 2 rings (SSSR count). The van der Waals surface area contributed by atoms with Gasteiger partial charge in [0.05, 0.1) is 6.61 Å². The standard InChI is InChI=1S/C10H14F5N3O8S3/c11-9(12,13)27(20,21)16-28(22,23)10(14,15)29(24,25)18-4-2-17(3-5-18)7-1-6-26-8(7)19/h7,16H,1-6H2/t7-/m1/s1. The second kappa shape index (κ2) is 7.52. The zero-order valence-corrected chi connectivity index (χ0v) is 16.5. The molecule has 1 N–H and O–H groups in total. The van der Waals surface area contributed by atoms with E-state index in [0.29, 0.717) is 0 Å². The Labute approximate surface area is 161 Å². The fraction of sp³-hybridized carbons (Fsp3) is 0.900. The van der Waals surface area contributed by atoms with Crippen LogP contribution in [0.1, 0.15) is 6.42 Å². The summed E-state index contributed by atoms with van der Waals surface area (Å²) in [6.07, 6.45) is 0.273. The first-order chi connectivity index (χ1) is 12.9. The highest BCUT2D eigenvalue weighted by atomic mass is 32.3. The largest absolute Gasteiger partial charge is 0.512 e. The molecule has 0 spiro atoms. The van der Waals surface area contributed by atoms with Crippen LogP contribution in [-0.4, -0.2) is 89.4 Å². The van der Waals surface area contributed by atoms with Crippen molar-refractivity contribution in [2.45, 2.75) is 22.6 Å². The fourth-order valence-electron chi connectivity index (χ4n) is 2.60. The van der Waals surface area contributed by atoms with E-state index in [9.17, 15) is 52.0 Å². The summed E-state index contributed by atoms with van der Waals surface area (Å²) in [6, 6.07) is -0.734. The molecule has 0 aromatic carbocycles. The van der Waals surface area contributed by atoms with E-state index in [1.165, 1.54) is 4.90 Å². The van der Waals surface area contributed by atoms with Gasteiger partial charge in [-0.25, -0.2) is 25.3 Å². The molecule has 0 aliphatic carbocycles. The molecule has 19 heteroatoms. The van der Waals surface area contributed by atoms with Gasteiger partial charge in [-0.1, -0.05) is 4.13 Å². The first-order valence-corrected chi connectivity index (χ1v) is 12.0. The number of cyclic esters (lactones) is 1. The summed E-state index contributed by atoms with van der Waals surface area (Å²) in [6.45, 7) is -1.88. The Bertz CT molecular complexity index is 971. The van der Waals surface area contributed by atoms with Crippen LogP contribution in [0.15, 0.2) is 0 Å². The van der Waals surface area contributed by atoms with E-state index in [0.717, 1.165) is 0 Å². The smallest absolute Gasteiger partial charge is 0.464 e. The van der Waals surface area contributed by atoms with Crippen molar-refractivity contribution >= 4 is 36.0 Å². The molecule has 0 aromatic rings. The van der Waals surface area contributed by atoms with Crippen molar-refractivity contribution in [3.05, 3.63) is 0 Å². The number of piperazine rings is 1. The van der Waals surface area contributed by atoms with Gasteiger partial charge in [0.25, 0.3) is 10.0 Å². The first kappa shape index (κ1) is 24.1. The Morgan fingerprint density at radius 2 is 1.41 bits per heavy atom. The highest BCUT2D eigenvalue weighted by Crippen LogP contribution is 2.34. The number of carbonyl (C=O) groups is 1. The zero-order chi connectivity index (χ0) is 22.5. The third-order valence-corrected chi connectivity index (χ3v) is 10.0. The van der Waals surface area contributed by atoms with E-state index in [4.69, 9.17) is 4.74 Å². The van der Waals surface area contributed by atoms with Gasteiger partial charge < -0.3 is 4.74 Å². The van der Waals surface area contributed by atoms with Crippen molar-refractivity contribution in [3.8, 4) is 0 Å². The number of alkyl halides is 5. The van der Waals surface area contributed by atoms with Crippen molar-refractivity contribution in [2.24, 2.45) is 0 Å². The molecule has 170 valence electrons. The number of rotatable bonds is 6. The number of esters is 1. The Hall–Kier alpha value is -1.15. The van der Waals surface area contributed by atoms with Crippen LogP contribution in [0.2, 0.25) is 0 Å². The number of halogens is 5. The number of hydrogen-bond donors (Lipinski definition) is 1. The summed E-state index contributed by atoms with van der Waals surface area (Å²) in [5, 5.41) is 0. The van der Waals surface area contributed by atoms with Gasteiger partial charge in [0.15, 0.2) is 0 Å².